The van der Waals surface area contributed by atoms with Crippen molar-refractivity contribution in [2.75, 3.05) is 0 Å². The molecule has 20 heavy (non-hydrogen) atoms. The second kappa shape index (κ2) is 11.2. The maximum Gasteiger partial charge on any atom is 0.302 e. The van der Waals surface area contributed by atoms with Crippen LogP contribution in [0, 0.1) is 17.8 Å². The van der Waals surface area contributed by atoms with E-state index in [2.05, 4.69) is 27.7 Å². The van der Waals surface area contributed by atoms with Crippen LogP contribution >= 0.6 is 0 Å². The third-order valence-corrected chi connectivity index (χ3v) is 4.36. The summed E-state index contributed by atoms with van der Waals surface area (Å²) in [6, 6.07) is 0. The van der Waals surface area contributed by atoms with Crippen LogP contribution < -0.4 is 0 Å². The van der Waals surface area contributed by atoms with Crippen molar-refractivity contribution in [1.29, 1.82) is 0 Å². The van der Waals surface area contributed by atoms with Gasteiger partial charge in [0.2, 0.25) is 0 Å². The predicted molar refractivity (Wildman–Crippen MR) is 86.7 cm³/mol. The number of carbonyl (C=O) groups excluding carboxylic acids is 1. The topological polar surface area (TPSA) is 26.3 Å². The molecule has 0 aliphatic carbocycles. The van der Waals surface area contributed by atoms with Gasteiger partial charge in [-0.05, 0) is 37.5 Å². The third kappa shape index (κ3) is 10.3. The molecule has 0 aromatic rings. The Hall–Kier alpha value is -0.530. The van der Waals surface area contributed by atoms with Gasteiger partial charge in [-0.1, -0.05) is 59.8 Å². The van der Waals surface area contributed by atoms with Crippen LogP contribution in [0.15, 0.2) is 0 Å². The Morgan fingerprint density at radius 3 is 2.00 bits per heavy atom. The normalized spacial score (nSPS) is 17.3. The smallest absolute Gasteiger partial charge is 0.302 e. The first-order valence-electron chi connectivity index (χ1n) is 8.54. The van der Waals surface area contributed by atoms with Crippen LogP contribution in [-0.4, -0.2) is 12.1 Å². The van der Waals surface area contributed by atoms with Gasteiger partial charge in [-0.25, -0.2) is 0 Å². The minimum Gasteiger partial charge on any atom is -0.463 e. The van der Waals surface area contributed by atoms with Crippen LogP contribution in [0.2, 0.25) is 0 Å². The van der Waals surface area contributed by atoms with Gasteiger partial charge in [0.05, 0.1) is 0 Å². The number of carbonyl (C=O) groups is 1. The highest BCUT2D eigenvalue weighted by atomic mass is 16.5. The van der Waals surface area contributed by atoms with E-state index in [1.54, 1.807) is 0 Å². The lowest BCUT2D eigenvalue weighted by molar-refractivity contribution is -0.147. The fraction of sp³-hybridized carbons (Fsp3) is 0.944. The lowest BCUT2D eigenvalue weighted by atomic mass is 9.88. The van der Waals surface area contributed by atoms with Gasteiger partial charge in [0.1, 0.15) is 6.10 Å². The molecule has 0 saturated carbocycles. The Bertz CT molecular complexity index is 250. The molecule has 0 rings (SSSR count). The lowest BCUT2D eigenvalue weighted by Crippen LogP contribution is -2.20. The van der Waals surface area contributed by atoms with Gasteiger partial charge in [0, 0.05) is 6.92 Å². The Kier molecular flexibility index (Phi) is 10.9. The number of esters is 1. The van der Waals surface area contributed by atoms with Gasteiger partial charge in [-0.3, -0.25) is 4.79 Å². The second-order valence-electron chi connectivity index (χ2n) is 6.81. The minimum atomic E-state index is -0.164. The van der Waals surface area contributed by atoms with E-state index in [1.807, 2.05) is 6.92 Å². The van der Waals surface area contributed by atoms with Crippen LogP contribution in [0.4, 0.5) is 0 Å². The molecule has 4 atom stereocenters. The first-order chi connectivity index (χ1) is 9.36. The number of hydrogen-bond acceptors (Lipinski definition) is 2. The monoisotopic (exact) mass is 284 g/mol. The van der Waals surface area contributed by atoms with Crippen molar-refractivity contribution in [1.82, 2.24) is 0 Å². The maximum atomic E-state index is 10.9. The molecule has 0 aromatic heterocycles. The van der Waals surface area contributed by atoms with Crippen LogP contribution in [0.1, 0.15) is 86.5 Å². The summed E-state index contributed by atoms with van der Waals surface area (Å²) in [5, 5.41) is 0. The molecule has 0 aliphatic heterocycles. The molecule has 0 heterocycles. The first kappa shape index (κ1) is 19.5. The number of rotatable bonds is 11. The van der Waals surface area contributed by atoms with Crippen molar-refractivity contribution in [2.45, 2.75) is 92.6 Å². The third-order valence-electron chi connectivity index (χ3n) is 4.36. The number of unbranched alkanes of at least 4 members (excludes halogenated alkanes) is 1. The van der Waals surface area contributed by atoms with E-state index in [0.29, 0.717) is 5.92 Å². The van der Waals surface area contributed by atoms with Gasteiger partial charge in [0.15, 0.2) is 0 Å². The zero-order valence-corrected chi connectivity index (χ0v) is 14.6. The summed E-state index contributed by atoms with van der Waals surface area (Å²) in [6.45, 7) is 12.7. The average Bonchev–Trinajstić information content (AvgIpc) is 2.35. The highest BCUT2D eigenvalue weighted by Crippen LogP contribution is 2.23. The zero-order valence-electron chi connectivity index (χ0n) is 14.6. The van der Waals surface area contributed by atoms with E-state index in [0.717, 1.165) is 18.3 Å². The van der Waals surface area contributed by atoms with Gasteiger partial charge in [-0.2, -0.15) is 0 Å². The van der Waals surface area contributed by atoms with E-state index in [4.69, 9.17) is 4.74 Å². The Balaban J connectivity index is 3.74. The molecular weight excluding hydrogens is 248 g/mol. The summed E-state index contributed by atoms with van der Waals surface area (Å²) >= 11 is 0. The maximum absolute atomic E-state index is 10.9. The van der Waals surface area contributed by atoms with Crippen LogP contribution in [0.25, 0.3) is 0 Å². The molecule has 2 heteroatoms. The summed E-state index contributed by atoms with van der Waals surface area (Å²) in [7, 11) is 0. The minimum absolute atomic E-state index is 0.0475. The Morgan fingerprint density at radius 1 is 0.950 bits per heavy atom. The van der Waals surface area contributed by atoms with E-state index < -0.39 is 0 Å². The predicted octanol–water partition coefficient (Wildman–Crippen LogP) is 5.60. The standard InChI is InChI=1S/C18H36O2/c1-7-8-10-14(2)13-15(3)11-9-12-16(4)17(5)20-18(6)19/h14-17H,7-13H2,1-6H3/t14-,15+,16+,17-/m1/s1. The van der Waals surface area contributed by atoms with E-state index >= 15 is 0 Å². The van der Waals surface area contributed by atoms with Crippen molar-refractivity contribution >= 4 is 5.97 Å². The zero-order chi connectivity index (χ0) is 15.5. The molecular formula is C18H36O2. The molecule has 0 unspecified atom stereocenters. The fourth-order valence-electron chi connectivity index (χ4n) is 2.88. The summed E-state index contributed by atoms with van der Waals surface area (Å²) in [5.41, 5.74) is 0. The highest BCUT2D eigenvalue weighted by Gasteiger charge is 2.15. The molecule has 0 spiro atoms. The summed E-state index contributed by atoms with van der Waals surface area (Å²) in [6.07, 6.45) is 9.15. The molecule has 0 amide bonds. The van der Waals surface area contributed by atoms with Crippen molar-refractivity contribution in [2.24, 2.45) is 17.8 Å². The molecule has 120 valence electrons. The van der Waals surface area contributed by atoms with Crippen LogP contribution in [0.5, 0.6) is 0 Å². The van der Waals surface area contributed by atoms with Crippen LogP contribution in [-0.2, 0) is 9.53 Å². The molecule has 0 radical (unpaired) electrons. The Morgan fingerprint density at radius 2 is 1.50 bits per heavy atom. The van der Waals surface area contributed by atoms with Crippen molar-refractivity contribution in [3.8, 4) is 0 Å². The van der Waals surface area contributed by atoms with Gasteiger partial charge in [0.25, 0.3) is 0 Å². The van der Waals surface area contributed by atoms with Crippen molar-refractivity contribution in [3.05, 3.63) is 0 Å². The average molecular weight is 284 g/mol. The second-order valence-corrected chi connectivity index (χ2v) is 6.81. The Labute approximate surface area is 126 Å². The SMILES string of the molecule is CCCC[C@@H](C)C[C@@H](C)CCC[C@H](C)[C@@H](C)OC(C)=O. The first-order valence-corrected chi connectivity index (χ1v) is 8.54. The number of ether oxygens (including phenoxy) is 1. The van der Waals surface area contributed by atoms with Crippen molar-refractivity contribution in [3.63, 3.8) is 0 Å². The molecule has 0 aromatic carbocycles. The van der Waals surface area contributed by atoms with E-state index in [9.17, 15) is 4.79 Å². The summed E-state index contributed by atoms with van der Waals surface area (Å²) < 4.78 is 5.24. The largest absolute Gasteiger partial charge is 0.463 e. The molecule has 0 N–H and O–H groups in total. The molecule has 2 nitrogen and oxygen atoms in total. The van der Waals surface area contributed by atoms with Gasteiger partial charge >= 0.3 is 5.97 Å². The molecule has 0 saturated heterocycles. The number of hydrogen-bond donors (Lipinski definition) is 0. The van der Waals surface area contributed by atoms with Gasteiger partial charge in [-0.15, -0.1) is 0 Å². The summed E-state index contributed by atoms with van der Waals surface area (Å²) in [5.74, 6) is 1.98. The molecule has 0 fully saturated rings. The molecule has 0 bridgehead atoms. The van der Waals surface area contributed by atoms with E-state index in [1.165, 1.54) is 45.4 Å². The highest BCUT2D eigenvalue weighted by molar-refractivity contribution is 5.66. The lowest BCUT2D eigenvalue weighted by Gasteiger charge is -2.21. The van der Waals surface area contributed by atoms with Crippen molar-refractivity contribution < 1.29 is 9.53 Å². The summed E-state index contributed by atoms with van der Waals surface area (Å²) in [4.78, 5) is 10.9. The fourth-order valence-corrected chi connectivity index (χ4v) is 2.88. The van der Waals surface area contributed by atoms with E-state index in [-0.39, 0.29) is 12.1 Å². The molecule has 0 aliphatic rings. The van der Waals surface area contributed by atoms with Crippen LogP contribution in [0.3, 0.4) is 0 Å². The quantitative estimate of drug-likeness (QED) is 0.462. The van der Waals surface area contributed by atoms with Gasteiger partial charge < -0.3 is 4.74 Å².